The number of aliphatic imine (C=N–C) groups is 1. The van der Waals surface area contributed by atoms with Crippen molar-refractivity contribution in [3.63, 3.8) is 0 Å². The maximum atomic E-state index is 12.5. The topological polar surface area (TPSA) is 55.0 Å². The van der Waals surface area contributed by atoms with Crippen LogP contribution in [0.5, 0.6) is 0 Å². The summed E-state index contributed by atoms with van der Waals surface area (Å²) in [6.45, 7) is 2.31. The van der Waals surface area contributed by atoms with Gasteiger partial charge >= 0.3 is 5.63 Å². The Kier molecular flexibility index (Phi) is 3.32. The van der Waals surface area contributed by atoms with E-state index in [1.165, 1.54) is 0 Å². The lowest BCUT2D eigenvalue weighted by molar-refractivity contribution is -0.00618. The quantitative estimate of drug-likeness (QED) is 0.786. The number of nitrogens with zero attached hydrogens (tertiary/aromatic N) is 2. The van der Waals surface area contributed by atoms with E-state index in [0.717, 1.165) is 5.39 Å². The molecule has 0 saturated heterocycles. The Morgan fingerprint density at radius 2 is 2.17 bits per heavy atom. The molecule has 5 nitrogen and oxygen atoms in total. The van der Waals surface area contributed by atoms with E-state index in [4.69, 9.17) is 20.8 Å². The highest BCUT2D eigenvalue weighted by Crippen LogP contribution is 2.40. The molecule has 2 aromatic rings. The highest BCUT2D eigenvalue weighted by molar-refractivity contribution is 6.32. The lowest BCUT2D eigenvalue weighted by Crippen LogP contribution is -2.37. The maximum absolute atomic E-state index is 12.5. The Bertz CT molecular complexity index is 942. The summed E-state index contributed by atoms with van der Waals surface area (Å²) in [5.41, 5.74) is 1.06. The molecule has 0 spiro atoms. The zero-order valence-electron chi connectivity index (χ0n) is 12.3. The minimum Gasteiger partial charge on any atom is -0.422 e. The summed E-state index contributed by atoms with van der Waals surface area (Å²) < 4.78 is 11.2. The van der Waals surface area contributed by atoms with Gasteiger partial charge < -0.3 is 14.1 Å². The van der Waals surface area contributed by atoms with Crippen molar-refractivity contribution in [3.8, 4) is 0 Å². The fraction of sp³-hybridized carbons (Fsp3) is 0.176. The number of amidine groups is 1. The van der Waals surface area contributed by atoms with Crippen molar-refractivity contribution in [2.24, 2.45) is 4.99 Å². The molecule has 1 atom stereocenters. The van der Waals surface area contributed by atoms with Gasteiger partial charge in [0.05, 0.1) is 10.7 Å². The van der Waals surface area contributed by atoms with Crippen LogP contribution < -0.4 is 5.63 Å². The zero-order valence-corrected chi connectivity index (χ0v) is 13.1. The molecule has 0 N–H and O–H groups in total. The number of ether oxygens (including phenoxy) is 1. The molecule has 0 fully saturated rings. The largest absolute Gasteiger partial charge is 0.422 e. The molecule has 0 radical (unpaired) electrons. The Morgan fingerprint density at radius 1 is 1.35 bits per heavy atom. The number of benzene rings is 1. The van der Waals surface area contributed by atoms with Crippen molar-refractivity contribution in [1.82, 2.24) is 4.90 Å². The normalized spacial score (nSPS) is 19.2. The van der Waals surface area contributed by atoms with Gasteiger partial charge in [-0.25, -0.2) is 9.79 Å². The second-order valence-corrected chi connectivity index (χ2v) is 5.62. The summed E-state index contributed by atoms with van der Waals surface area (Å²) in [6.07, 6.45) is 4.67. The monoisotopic (exact) mass is 328 g/mol. The van der Waals surface area contributed by atoms with Gasteiger partial charge in [-0.05, 0) is 31.2 Å². The van der Waals surface area contributed by atoms with Crippen molar-refractivity contribution in [2.75, 3.05) is 6.61 Å². The van der Waals surface area contributed by atoms with Gasteiger partial charge in [-0.1, -0.05) is 23.7 Å². The number of rotatable bonds is 2. The van der Waals surface area contributed by atoms with E-state index in [0.29, 0.717) is 34.3 Å². The van der Waals surface area contributed by atoms with Crippen LogP contribution in [0.4, 0.5) is 5.69 Å². The molecule has 1 aromatic heterocycles. The summed E-state index contributed by atoms with van der Waals surface area (Å²) in [4.78, 5) is 18.9. The van der Waals surface area contributed by atoms with E-state index in [9.17, 15) is 4.79 Å². The molecule has 1 unspecified atom stereocenters. The number of hydrogen-bond donors (Lipinski definition) is 0. The van der Waals surface area contributed by atoms with Crippen molar-refractivity contribution in [3.05, 3.63) is 63.6 Å². The zero-order chi connectivity index (χ0) is 16.0. The van der Waals surface area contributed by atoms with Crippen molar-refractivity contribution < 1.29 is 9.15 Å². The summed E-state index contributed by atoms with van der Waals surface area (Å²) >= 11 is 6.08. The lowest BCUT2D eigenvalue weighted by Gasteiger charge is -2.35. The number of halogens is 1. The van der Waals surface area contributed by atoms with Gasteiger partial charge in [-0.2, -0.15) is 0 Å². The maximum Gasteiger partial charge on any atom is 0.346 e. The number of fused-ring (bicyclic) bond motifs is 4. The molecule has 116 valence electrons. The summed E-state index contributed by atoms with van der Waals surface area (Å²) in [6, 6.07) is 7.35. The first kappa shape index (κ1) is 14.2. The fourth-order valence-corrected chi connectivity index (χ4v) is 2.99. The highest BCUT2D eigenvalue weighted by Gasteiger charge is 2.34. The summed E-state index contributed by atoms with van der Waals surface area (Å²) in [7, 11) is 0. The molecule has 0 saturated carbocycles. The third-order valence-electron chi connectivity index (χ3n) is 3.79. The second kappa shape index (κ2) is 5.37. The first-order valence-corrected chi connectivity index (χ1v) is 7.66. The van der Waals surface area contributed by atoms with Crippen LogP contribution >= 0.6 is 11.6 Å². The van der Waals surface area contributed by atoms with E-state index in [1.807, 2.05) is 25.1 Å². The van der Waals surface area contributed by atoms with Gasteiger partial charge in [-0.3, -0.25) is 0 Å². The molecule has 0 aliphatic carbocycles. The van der Waals surface area contributed by atoms with Crippen LogP contribution in [0.1, 0.15) is 18.7 Å². The second-order valence-electron chi connectivity index (χ2n) is 5.18. The molecule has 1 aromatic carbocycles. The molecule has 2 aliphatic heterocycles. The van der Waals surface area contributed by atoms with E-state index < -0.39 is 11.9 Å². The average molecular weight is 329 g/mol. The van der Waals surface area contributed by atoms with Crippen LogP contribution in [0, 0.1) is 0 Å². The molecule has 0 amide bonds. The van der Waals surface area contributed by atoms with Crippen molar-refractivity contribution in [1.29, 1.82) is 0 Å². The van der Waals surface area contributed by atoms with E-state index >= 15 is 0 Å². The predicted octanol–water partition coefficient (Wildman–Crippen LogP) is 3.82. The first-order valence-electron chi connectivity index (χ1n) is 7.29. The Labute approximate surface area is 137 Å². The van der Waals surface area contributed by atoms with Gasteiger partial charge in [0.25, 0.3) is 0 Å². The lowest BCUT2D eigenvalue weighted by atomic mass is 10.1. The average Bonchev–Trinajstić information content (AvgIpc) is 2.55. The van der Waals surface area contributed by atoms with Crippen LogP contribution in [-0.2, 0) is 4.74 Å². The van der Waals surface area contributed by atoms with Gasteiger partial charge in [0.2, 0.25) is 0 Å². The van der Waals surface area contributed by atoms with Gasteiger partial charge in [0.15, 0.2) is 6.23 Å². The summed E-state index contributed by atoms with van der Waals surface area (Å²) in [5.74, 6) is 0.677. The van der Waals surface area contributed by atoms with Crippen molar-refractivity contribution in [2.45, 2.75) is 13.2 Å². The van der Waals surface area contributed by atoms with E-state index in [2.05, 4.69) is 4.99 Å². The molecular formula is C17H13ClN2O3. The Morgan fingerprint density at radius 3 is 3.00 bits per heavy atom. The molecule has 0 bridgehead atoms. The minimum absolute atomic E-state index is 0.394. The number of hydrogen-bond acceptors (Lipinski definition) is 5. The fourth-order valence-electron chi connectivity index (χ4n) is 2.83. The van der Waals surface area contributed by atoms with Crippen LogP contribution in [0.3, 0.4) is 0 Å². The van der Waals surface area contributed by atoms with E-state index in [1.54, 1.807) is 29.3 Å². The predicted molar refractivity (Wildman–Crippen MR) is 88.9 cm³/mol. The van der Waals surface area contributed by atoms with Crippen molar-refractivity contribution >= 4 is 34.1 Å². The smallest absolute Gasteiger partial charge is 0.346 e. The third-order valence-corrected chi connectivity index (χ3v) is 4.01. The minimum atomic E-state index is -0.609. The Hall–Kier alpha value is -2.37. The van der Waals surface area contributed by atoms with Gasteiger partial charge in [0, 0.05) is 18.2 Å². The molecule has 4 rings (SSSR count). The number of allylic oxidation sites excluding steroid dienone is 2. The van der Waals surface area contributed by atoms with Gasteiger partial charge in [0.1, 0.15) is 17.0 Å². The summed E-state index contributed by atoms with van der Waals surface area (Å²) in [5, 5.41) is 1.33. The molecule has 23 heavy (non-hydrogen) atoms. The third kappa shape index (κ3) is 2.20. The molecular weight excluding hydrogens is 316 g/mol. The van der Waals surface area contributed by atoms with Crippen LogP contribution in [-0.4, -0.2) is 17.3 Å². The Balaban J connectivity index is 2.05. The molecule has 3 heterocycles. The van der Waals surface area contributed by atoms with Crippen LogP contribution in [0.2, 0.25) is 0 Å². The van der Waals surface area contributed by atoms with Gasteiger partial charge in [-0.15, -0.1) is 0 Å². The molecule has 6 heteroatoms. The molecule has 2 aliphatic rings. The van der Waals surface area contributed by atoms with E-state index in [-0.39, 0.29) is 0 Å². The number of para-hydroxylation sites is 1. The SMILES string of the molecule is CCOC1c2c(c3ccccc3oc2=O)N=C2C=CC(Cl)=CN21. The first-order chi connectivity index (χ1) is 11.2. The van der Waals surface area contributed by atoms with Crippen LogP contribution in [0.15, 0.2) is 61.9 Å². The van der Waals surface area contributed by atoms with Crippen LogP contribution in [0.25, 0.3) is 11.0 Å². The standard InChI is InChI=1S/C17H13ClN2O3/c1-2-22-16-14-15(19-13-8-7-10(18)9-20(13)16)11-5-3-4-6-12(11)23-17(14)21/h3-9,16H,2H2,1H3. The highest BCUT2D eigenvalue weighted by atomic mass is 35.5.